The standard InChI is InChI=1S/C23H28ClN5O4/c1-3-8-17(22(31)28-11-13-29(14-12-28)23(32)33-4-2)26-21(30)18-15-19(24)27-20(25-18)16-9-6-5-7-10-16/h5-7,9-10,15,17H,3-4,8,11-14H2,1-2H3,(H,26,30)/t17-/m0/s1. The number of carbonyl (C=O) groups excluding carboxylic acids is 3. The summed E-state index contributed by atoms with van der Waals surface area (Å²) in [4.78, 5) is 49.8. The van der Waals surface area contributed by atoms with Crippen LogP contribution < -0.4 is 5.32 Å². The molecule has 1 fully saturated rings. The van der Waals surface area contributed by atoms with E-state index in [1.807, 2.05) is 37.3 Å². The van der Waals surface area contributed by atoms with E-state index in [1.165, 1.54) is 6.07 Å². The van der Waals surface area contributed by atoms with Crippen molar-refractivity contribution in [1.29, 1.82) is 0 Å². The zero-order valence-electron chi connectivity index (χ0n) is 18.8. The molecule has 0 bridgehead atoms. The molecule has 1 N–H and O–H groups in total. The van der Waals surface area contributed by atoms with E-state index >= 15 is 0 Å². The van der Waals surface area contributed by atoms with Crippen LogP contribution in [-0.4, -0.2) is 76.5 Å². The van der Waals surface area contributed by atoms with Crippen LogP contribution in [0.15, 0.2) is 36.4 Å². The van der Waals surface area contributed by atoms with Crippen LogP contribution in [0.25, 0.3) is 11.4 Å². The Kier molecular flexibility index (Phi) is 8.59. The van der Waals surface area contributed by atoms with Crippen LogP contribution in [-0.2, 0) is 9.53 Å². The van der Waals surface area contributed by atoms with E-state index < -0.39 is 11.9 Å². The average molecular weight is 474 g/mol. The van der Waals surface area contributed by atoms with Gasteiger partial charge in [-0.25, -0.2) is 14.8 Å². The molecule has 0 aliphatic carbocycles. The van der Waals surface area contributed by atoms with Gasteiger partial charge in [0.1, 0.15) is 16.9 Å². The molecule has 1 aliphatic rings. The number of benzene rings is 1. The highest BCUT2D eigenvalue weighted by molar-refractivity contribution is 6.29. The monoisotopic (exact) mass is 473 g/mol. The fourth-order valence-electron chi connectivity index (χ4n) is 3.57. The quantitative estimate of drug-likeness (QED) is 0.620. The summed E-state index contributed by atoms with van der Waals surface area (Å²) in [5.74, 6) is -0.340. The van der Waals surface area contributed by atoms with Gasteiger partial charge >= 0.3 is 6.09 Å². The molecule has 0 radical (unpaired) electrons. The first-order chi connectivity index (χ1) is 15.9. The van der Waals surface area contributed by atoms with Crippen molar-refractivity contribution < 1.29 is 19.1 Å². The number of carbonyl (C=O) groups is 3. The van der Waals surface area contributed by atoms with Crippen molar-refractivity contribution in [2.45, 2.75) is 32.7 Å². The smallest absolute Gasteiger partial charge is 0.409 e. The van der Waals surface area contributed by atoms with E-state index in [4.69, 9.17) is 16.3 Å². The molecule has 3 rings (SSSR count). The number of halogens is 1. The summed E-state index contributed by atoms with van der Waals surface area (Å²) >= 11 is 6.14. The van der Waals surface area contributed by atoms with Crippen LogP contribution >= 0.6 is 11.6 Å². The minimum absolute atomic E-state index is 0.0925. The van der Waals surface area contributed by atoms with Gasteiger partial charge in [-0.2, -0.15) is 0 Å². The highest BCUT2D eigenvalue weighted by Gasteiger charge is 2.30. The van der Waals surface area contributed by atoms with E-state index in [-0.39, 0.29) is 22.8 Å². The van der Waals surface area contributed by atoms with Gasteiger partial charge in [0.2, 0.25) is 5.91 Å². The second-order valence-electron chi connectivity index (χ2n) is 7.59. The van der Waals surface area contributed by atoms with Gasteiger partial charge in [-0.1, -0.05) is 55.3 Å². The van der Waals surface area contributed by atoms with Crippen molar-refractivity contribution in [2.75, 3.05) is 32.8 Å². The van der Waals surface area contributed by atoms with Gasteiger partial charge in [0.05, 0.1) is 6.61 Å². The van der Waals surface area contributed by atoms with Crippen molar-refractivity contribution in [3.8, 4) is 11.4 Å². The van der Waals surface area contributed by atoms with E-state index in [0.717, 1.165) is 5.56 Å². The van der Waals surface area contributed by atoms with Gasteiger partial charge in [-0.3, -0.25) is 9.59 Å². The zero-order valence-corrected chi connectivity index (χ0v) is 19.5. The fraction of sp³-hybridized carbons (Fsp3) is 0.435. The maximum Gasteiger partial charge on any atom is 0.409 e. The van der Waals surface area contributed by atoms with E-state index in [9.17, 15) is 14.4 Å². The molecule has 1 aromatic heterocycles. The minimum Gasteiger partial charge on any atom is -0.450 e. The molecule has 10 heteroatoms. The molecule has 0 unspecified atom stereocenters. The molecule has 0 saturated carbocycles. The van der Waals surface area contributed by atoms with Crippen LogP contribution in [0.3, 0.4) is 0 Å². The lowest BCUT2D eigenvalue weighted by Crippen LogP contribution is -2.56. The Morgan fingerprint density at radius 1 is 1.06 bits per heavy atom. The molecule has 1 aromatic carbocycles. The number of nitrogens with zero attached hydrogens (tertiary/aromatic N) is 4. The number of piperazine rings is 1. The number of hydrogen-bond acceptors (Lipinski definition) is 6. The second kappa shape index (κ2) is 11.6. The van der Waals surface area contributed by atoms with Crippen molar-refractivity contribution in [3.63, 3.8) is 0 Å². The molecule has 2 heterocycles. The summed E-state index contributed by atoms with van der Waals surface area (Å²) < 4.78 is 5.02. The Labute approximate surface area is 198 Å². The molecular formula is C23H28ClN5O4. The van der Waals surface area contributed by atoms with Gasteiger partial charge in [0.25, 0.3) is 5.91 Å². The van der Waals surface area contributed by atoms with E-state index in [2.05, 4.69) is 15.3 Å². The number of aromatic nitrogens is 2. The Morgan fingerprint density at radius 2 is 1.73 bits per heavy atom. The third-order valence-corrected chi connectivity index (χ3v) is 5.45. The number of ether oxygens (including phenoxy) is 1. The highest BCUT2D eigenvalue weighted by atomic mass is 35.5. The lowest BCUT2D eigenvalue weighted by atomic mass is 10.1. The first-order valence-corrected chi connectivity index (χ1v) is 11.4. The van der Waals surface area contributed by atoms with Crippen LogP contribution in [0.2, 0.25) is 5.15 Å². The van der Waals surface area contributed by atoms with Gasteiger partial charge in [0, 0.05) is 37.8 Å². The van der Waals surface area contributed by atoms with Crippen molar-refractivity contribution in [2.24, 2.45) is 0 Å². The maximum atomic E-state index is 13.1. The lowest BCUT2D eigenvalue weighted by molar-refractivity contribution is -0.135. The number of hydrogen-bond donors (Lipinski definition) is 1. The van der Waals surface area contributed by atoms with Crippen LogP contribution in [0.4, 0.5) is 4.79 Å². The predicted octanol–water partition coefficient (Wildman–Crippen LogP) is 3.00. The molecule has 33 heavy (non-hydrogen) atoms. The Morgan fingerprint density at radius 3 is 2.36 bits per heavy atom. The molecule has 1 atom stereocenters. The molecule has 1 saturated heterocycles. The van der Waals surface area contributed by atoms with Crippen LogP contribution in [0, 0.1) is 0 Å². The largest absolute Gasteiger partial charge is 0.450 e. The minimum atomic E-state index is -0.703. The van der Waals surface area contributed by atoms with Gasteiger partial charge in [-0.05, 0) is 13.3 Å². The topological polar surface area (TPSA) is 105 Å². The Hall–Kier alpha value is -3.20. The third kappa shape index (κ3) is 6.41. The predicted molar refractivity (Wildman–Crippen MR) is 124 cm³/mol. The van der Waals surface area contributed by atoms with Crippen LogP contribution in [0.5, 0.6) is 0 Å². The molecular weight excluding hydrogens is 446 g/mol. The lowest BCUT2D eigenvalue weighted by Gasteiger charge is -2.36. The molecule has 176 valence electrons. The highest BCUT2D eigenvalue weighted by Crippen LogP contribution is 2.18. The Balaban J connectivity index is 1.68. The summed E-state index contributed by atoms with van der Waals surface area (Å²) in [5.41, 5.74) is 0.824. The summed E-state index contributed by atoms with van der Waals surface area (Å²) in [6.07, 6.45) is 0.810. The zero-order chi connectivity index (χ0) is 23.8. The summed E-state index contributed by atoms with van der Waals surface area (Å²) in [6, 6.07) is 9.89. The van der Waals surface area contributed by atoms with E-state index in [0.29, 0.717) is 51.5 Å². The average Bonchev–Trinajstić information content (AvgIpc) is 2.83. The first kappa shape index (κ1) is 24.4. The van der Waals surface area contributed by atoms with Crippen molar-refractivity contribution in [3.05, 3.63) is 47.2 Å². The maximum absolute atomic E-state index is 13.1. The number of amides is 3. The molecule has 0 spiro atoms. The molecule has 9 nitrogen and oxygen atoms in total. The molecule has 3 amide bonds. The second-order valence-corrected chi connectivity index (χ2v) is 7.98. The van der Waals surface area contributed by atoms with E-state index in [1.54, 1.807) is 16.7 Å². The normalized spacial score (nSPS) is 14.5. The number of nitrogens with one attached hydrogen (secondary N) is 1. The fourth-order valence-corrected chi connectivity index (χ4v) is 3.76. The first-order valence-electron chi connectivity index (χ1n) is 11.0. The van der Waals surface area contributed by atoms with Gasteiger partial charge < -0.3 is 19.9 Å². The van der Waals surface area contributed by atoms with Crippen LogP contribution in [0.1, 0.15) is 37.2 Å². The summed E-state index contributed by atoms with van der Waals surface area (Å²) in [5, 5.41) is 2.95. The van der Waals surface area contributed by atoms with Gasteiger partial charge in [0.15, 0.2) is 5.82 Å². The van der Waals surface area contributed by atoms with Crippen molar-refractivity contribution in [1.82, 2.24) is 25.1 Å². The van der Waals surface area contributed by atoms with Gasteiger partial charge in [-0.15, -0.1) is 0 Å². The number of rotatable bonds is 7. The summed E-state index contributed by atoms with van der Waals surface area (Å²) in [7, 11) is 0. The Bertz CT molecular complexity index is 980. The molecule has 1 aliphatic heterocycles. The third-order valence-electron chi connectivity index (χ3n) is 5.26. The van der Waals surface area contributed by atoms with Crippen molar-refractivity contribution >= 4 is 29.5 Å². The SMILES string of the molecule is CCC[C@H](NC(=O)c1cc(Cl)nc(-c2ccccc2)n1)C(=O)N1CCN(C(=O)OCC)CC1. The summed E-state index contributed by atoms with van der Waals surface area (Å²) in [6.45, 7) is 5.54. The molecule has 2 aromatic rings.